The predicted octanol–water partition coefficient (Wildman–Crippen LogP) is 3.71. The minimum absolute atomic E-state index is 0.251. The smallest absolute Gasteiger partial charge is 0.180 e. The van der Waals surface area contributed by atoms with E-state index >= 15 is 0 Å². The first-order valence-electron chi connectivity index (χ1n) is 4.99. The van der Waals surface area contributed by atoms with Gasteiger partial charge in [0.05, 0.1) is 10.5 Å². The number of carbonyl (C=O) groups excluding carboxylic acids is 1. The molecule has 0 aliphatic heterocycles. The van der Waals surface area contributed by atoms with Gasteiger partial charge in [0.25, 0.3) is 0 Å². The Balaban J connectivity index is 2.96. The summed E-state index contributed by atoms with van der Waals surface area (Å²) in [6.45, 7) is 1.90. The molecule has 0 amide bonds. The fourth-order valence-electron chi connectivity index (χ4n) is 1.39. The fraction of sp³-hybridized carbons (Fsp3) is 0.333. The quantitative estimate of drug-likeness (QED) is 0.791. The molecule has 2 nitrogen and oxygen atoms in total. The van der Waals surface area contributed by atoms with Crippen LogP contribution in [-0.4, -0.2) is 5.78 Å². The standard InChI is InChI=1S/C12H11BrFNO/c1-2-3-9(7-15)12(16)8-4-5-10(13)11(14)6-8/h4-6,9H,2-3H2,1H3. The maximum atomic E-state index is 13.2. The van der Waals surface area contributed by atoms with Gasteiger partial charge in [-0.25, -0.2) is 4.39 Å². The molecule has 0 saturated carbocycles. The van der Waals surface area contributed by atoms with Gasteiger partial charge in [0, 0.05) is 5.56 Å². The summed E-state index contributed by atoms with van der Waals surface area (Å²) in [5, 5.41) is 8.84. The van der Waals surface area contributed by atoms with E-state index in [1.165, 1.54) is 12.1 Å². The fourth-order valence-corrected chi connectivity index (χ4v) is 1.64. The largest absolute Gasteiger partial charge is 0.293 e. The van der Waals surface area contributed by atoms with E-state index in [0.29, 0.717) is 10.9 Å². The molecule has 1 rings (SSSR count). The Labute approximate surface area is 102 Å². The Bertz CT molecular complexity index is 439. The van der Waals surface area contributed by atoms with Gasteiger partial charge < -0.3 is 0 Å². The van der Waals surface area contributed by atoms with Crippen LogP contribution in [0.2, 0.25) is 0 Å². The Morgan fingerprint density at radius 1 is 1.62 bits per heavy atom. The number of benzene rings is 1. The topological polar surface area (TPSA) is 40.9 Å². The Morgan fingerprint density at radius 2 is 2.31 bits per heavy atom. The van der Waals surface area contributed by atoms with Crippen molar-refractivity contribution in [2.24, 2.45) is 5.92 Å². The Morgan fingerprint density at radius 3 is 2.81 bits per heavy atom. The zero-order chi connectivity index (χ0) is 12.1. The molecule has 0 aliphatic carbocycles. The van der Waals surface area contributed by atoms with Gasteiger partial charge in [-0.3, -0.25) is 4.79 Å². The number of halogens is 2. The van der Waals surface area contributed by atoms with E-state index in [2.05, 4.69) is 15.9 Å². The lowest BCUT2D eigenvalue weighted by Crippen LogP contribution is -2.13. The van der Waals surface area contributed by atoms with Gasteiger partial charge in [-0.1, -0.05) is 19.4 Å². The highest BCUT2D eigenvalue weighted by Gasteiger charge is 2.19. The van der Waals surface area contributed by atoms with Gasteiger partial charge in [-0.05, 0) is 34.5 Å². The summed E-state index contributed by atoms with van der Waals surface area (Å²) in [7, 11) is 0. The SMILES string of the molecule is CCCC(C#N)C(=O)c1ccc(Br)c(F)c1. The number of hydrogen-bond donors (Lipinski definition) is 0. The zero-order valence-electron chi connectivity index (χ0n) is 8.84. The second kappa shape index (κ2) is 5.76. The number of carbonyl (C=O) groups is 1. The van der Waals surface area contributed by atoms with Gasteiger partial charge >= 0.3 is 0 Å². The van der Waals surface area contributed by atoms with Crippen molar-refractivity contribution < 1.29 is 9.18 Å². The average Bonchev–Trinajstić information content (AvgIpc) is 2.28. The summed E-state index contributed by atoms with van der Waals surface area (Å²) < 4.78 is 13.5. The minimum atomic E-state index is -0.675. The number of ketones is 1. The van der Waals surface area contributed by atoms with Crippen LogP contribution in [0, 0.1) is 23.1 Å². The lowest BCUT2D eigenvalue weighted by atomic mass is 9.95. The van der Waals surface area contributed by atoms with Crippen LogP contribution in [0.1, 0.15) is 30.1 Å². The van der Waals surface area contributed by atoms with E-state index < -0.39 is 11.7 Å². The molecule has 1 aromatic carbocycles. The zero-order valence-corrected chi connectivity index (χ0v) is 10.4. The monoisotopic (exact) mass is 283 g/mol. The van der Waals surface area contributed by atoms with E-state index in [4.69, 9.17) is 5.26 Å². The van der Waals surface area contributed by atoms with Crippen LogP contribution >= 0.6 is 15.9 Å². The average molecular weight is 284 g/mol. The summed E-state index contributed by atoms with van der Waals surface area (Å²) in [6.07, 6.45) is 1.26. The third kappa shape index (κ3) is 2.89. The molecule has 1 atom stereocenters. The van der Waals surface area contributed by atoms with Crippen molar-refractivity contribution in [3.63, 3.8) is 0 Å². The van der Waals surface area contributed by atoms with E-state index in [1.807, 2.05) is 13.0 Å². The maximum Gasteiger partial charge on any atom is 0.180 e. The molecule has 0 spiro atoms. The Hall–Kier alpha value is -1.21. The van der Waals surface area contributed by atoms with Crippen molar-refractivity contribution in [3.8, 4) is 6.07 Å². The third-order valence-corrected chi connectivity index (χ3v) is 2.90. The lowest BCUT2D eigenvalue weighted by molar-refractivity contribution is 0.0943. The summed E-state index contributed by atoms with van der Waals surface area (Å²) in [5.74, 6) is -1.47. The van der Waals surface area contributed by atoms with Gasteiger partial charge in [0.1, 0.15) is 11.7 Å². The molecular weight excluding hydrogens is 273 g/mol. The van der Waals surface area contributed by atoms with E-state index in [-0.39, 0.29) is 11.3 Å². The summed E-state index contributed by atoms with van der Waals surface area (Å²) >= 11 is 3.01. The van der Waals surface area contributed by atoms with Crippen LogP contribution in [0.5, 0.6) is 0 Å². The maximum absolute atomic E-state index is 13.2. The summed E-state index contributed by atoms with van der Waals surface area (Å²) in [6, 6.07) is 6.11. The number of nitriles is 1. The van der Waals surface area contributed by atoms with Crippen LogP contribution in [-0.2, 0) is 0 Å². The first-order chi connectivity index (χ1) is 7.60. The minimum Gasteiger partial charge on any atom is -0.293 e. The number of nitrogens with zero attached hydrogens (tertiary/aromatic N) is 1. The van der Waals surface area contributed by atoms with Crippen molar-refractivity contribution in [1.82, 2.24) is 0 Å². The molecule has 0 fully saturated rings. The molecule has 4 heteroatoms. The Kier molecular flexibility index (Phi) is 4.63. The van der Waals surface area contributed by atoms with Crippen LogP contribution in [0.15, 0.2) is 22.7 Å². The third-order valence-electron chi connectivity index (χ3n) is 2.25. The number of hydrogen-bond acceptors (Lipinski definition) is 2. The molecule has 1 aromatic rings. The highest BCUT2D eigenvalue weighted by atomic mass is 79.9. The van der Waals surface area contributed by atoms with Crippen molar-refractivity contribution in [1.29, 1.82) is 5.26 Å². The predicted molar refractivity (Wildman–Crippen MR) is 62.4 cm³/mol. The molecule has 16 heavy (non-hydrogen) atoms. The van der Waals surface area contributed by atoms with Crippen LogP contribution in [0.3, 0.4) is 0 Å². The molecule has 0 aromatic heterocycles. The van der Waals surface area contributed by atoms with Crippen LogP contribution in [0.4, 0.5) is 4.39 Å². The van der Waals surface area contributed by atoms with Gasteiger partial charge in [-0.15, -0.1) is 0 Å². The normalized spacial score (nSPS) is 11.9. The molecule has 84 valence electrons. The molecule has 0 bridgehead atoms. The van der Waals surface area contributed by atoms with Crippen molar-refractivity contribution in [3.05, 3.63) is 34.1 Å². The summed E-state index contributed by atoms with van der Waals surface area (Å²) in [4.78, 5) is 11.8. The van der Waals surface area contributed by atoms with Gasteiger partial charge in [0.15, 0.2) is 5.78 Å². The molecular formula is C12H11BrFNO. The second-order valence-corrected chi connectivity index (χ2v) is 4.32. The van der Waals surface area contributed by atoms with Gasteiger partial charge in [-0.2, -0.15) is 5.26 Å². The van der Waals surface area contributed by atoms with Gasteiger partial charge in [0.2, 0.25) is 0 Å². The van der Waals surface area contributed by atoms with E-state index in [9.17, 15) is 9.18 Å². The van der Waals surface area contributed by atoms with Crippen LogP contribution in [0.25, 0.3) is 0 Å². The first-order valence-corrected chi connectivity index (χ1v) is 5.78. The molecule has 0 aliphatic rings. The van der Waals surface area contributed by atoms with Crippen molar-refractivity contribution in [2.75, 3.05) is 0 Å². The first kappa shape index (κ1) is 12.9. The molecule has 0 N–H and O–H groups in total. The lowest BCUT2D eigenvalue weighted by Gasteiger charge is -2.06. The number of rotatable bonds is 4. The highest BCUT2D eigenvalue weighted by Crippen LogP contribution is 2.19. The molecule has 0 heterocycles. The van der Waals surface area contributed by atoms with E-state index in [0.717, 1.165) is 12.5 Å². The number of Topliss-reactive ketones (excluding diaryl/α,β-unsaturated/α-hetero) is 1. The second-order valence-electron chi connectivity index (χ2n) is 3.46. The molecule has 0 saturated heterocycles. The summed E-state index contributed by atoms with van der Waals surface area (Å²) in [5.41, 5.74) is 0.251. The van der Waals surface area contributed by atoms with Crippen LogP contribution < -0.4 is 0 Å². The molecule has 1 unspecified atom stereocenters. The molecule has 0 radical (unpaired) electrons. The highest BCUT2D eigenvalue weighted by molar-refractivity contribution is 9.10. The van der Waals surface area contributed by atoms with E-state index in [1.54, 1.807) is 0 Å². The van der Waals surface area contributed by atoms with Crippen molar-refractivity contribution >= 4 is 21.7 Å². The van der Waals surface area contributed by atoms with Crippen molar-refractivity contribution in [2.45, 2.75) is 19.8 Å².